The summed E-state index contributed by atoms with van der Waals surface area (Å²) in [6.07, 6.45) is 5.53. The molecule has 7 atom stereocenters. The number of ether oxygens (including phenoxy) is 4. The van der Waals surface area contributed by atoms with Gasteiger partial charge in [0.05, 0.1) is 0 Å². The predicted octanol–water partition coefficient (Wildman–Crippen LogP) is 4.68. The summed E-state index contributed by atoms with van der Waals surface area (Å²) in [6.45, 7) is 14.9. The summed E-state index contributed by atoms with van der Waals surface area (Å²) >= 11 is 0. The molecule has 0 aromatic heterocycles. The van der Waals surface area contributed by atoms with Crippen molar-refractivity contribution in [1.82, 2.24) is 0 Å². The topological polar surface area (TPSA) is 108 Å². The zero-order chi connectivity index (χ0) is 28.2. The van der Waals surface area contributed by atoms with E-state index in [4.69, 9.17) is 18.9 Å². The standard InChI is InChI=1S/C30H40O8/c1-9-16(3)25(32)35-21-15-29(8)20-14-30(18(5)13-23(31)37-30)38-27(34)19(20)11-12-22(29)28(6,7)24(21)36-26(33)17(4)10-2/h9-11,13,20-22,24,27,34H,12,14-15H2,1-8H3/b16-9-,17-10-/t20-,21+,22-,24+,27-,29+,30-/m0/s1. The average Bonchev–Trinajstić information content (AvgIpc) is 3.11. The Kier molecular flexibility index (Phi) is 7.29. The number of carbonyl (C=O) groups excluding carboxylic acids is 3. The van der Waals surface area contributed by atoms with Crippen LogP contribution in [0.2, 0.25) is 0 Å². The van der Waals surface area contributed by atoms with Gasteiger partial charge in [0, 0.05) is 34.6 Å². The second-order valence-electron chi connectivity index (χ2n) is 12.0. The van der Waals surface area contributed by atoms with Crippen LogP contribution in [0.3, 0.4) is 0 Å². The molecule has 1 N–H and O–H groups in total. The Balaban J connectivity index is 1.78. The van der Waals surface area contributed by atoms with Crippen LogP contribution in [0.4, 0.5) is 0 Å². The van der Waals surface area contributed by atoms with E-state index in [1.807, 2.05) is 19.9 Å². The molecule has 0 aromatic carbocycles. The van der Waals surface area contributed by atoms with Gasteiger partial charge in [0.25, 0.3) is 0 Å². The van der Waals surface area contributed by atoms with Crippen molar-refractivity contribution in [1.29, 1.82) is 0 Å². The van der Waals surface area contributed by atoms with Crippen molar-refractivity contribution in [3.8, 4) is 0 Å². The first-order valence-corrected chi connectivity index (χ1v) is 13.4. The summed E-state index contributed by atoms with van der Waals surface area (Å²) < 4.78 is 23.7. The largest absolute Gasteiger partial charge is 0.455 e. The first kappa shape index (κ1) is 28.3. The molecule has 0 unspecified atom stereocenters. The second kappa shape index (κ2) is 9.79. The number of carbonyl (C=O) groups is 3. The van der Waals surface area contributed by atoms with E-state index in [1.165, 1.54) is 6.08 Å². The van der Waals surface area contributed by atoms with Gasteiger partial charge in [-0.25, -0.2) is 14.4 Å². The SMILES string of the molecule is C/C=C(/C)C(=O)O[C@@H]1[C@H](OC(=O)/C(C)=C\C)C[C@]2(C)[C@H]3C[C@]4(OC(=O)C=C4C)O[C@H](O)C3=CC[C@H]2C1(C)C. The van der Waals surface area contributed by atoms with Crippen molar-refractivity contribution in [2.75, 3.05) is 0 Å². The van der Waals surface area contributed by atoms with Crippen molar-refractivity contribution in [3.63, 3.8) is 0 Å². The first-order chi connectivity index (χ1) is 17.7. The maximum Gasteiger partial charge on any atom is 0.333 e. The Morgan fingerprint density at radius 2 is 1.66 bits per heavy atom. The molecule has 4 rings (SSSR count). The molecule has 0 amide bonds. The van der Waals surface area contributed by atoms with E-state index in [0.29, 0.717) is 36.0 Å². The highest BCUT2D eigenvalue weighted by molar-refractivity contribution is 5.89. The van der Waals surface area contributed by atoms with Crippen LogP contribution in [0.1, 0.15) is 74.7 Å². The lowest BCUT2D eigenvalue weighted by molar-refractivity contribution is -0.290. The Morgan fingerprint density at radius 1 is 1.05 bits per heavy atom. The number of hydrogen-bond acceptors (Lipinski definition) is 8. The molecule has 1 spiro atoms. The number of allylic oxidation sites excluding steroid dienone is 3. The van der Waals surface area contributed by atoms with Crippen LogP contribution in [0, 0.1) is 22.7 Å². The highest BCUT2D eigenvalue weighted by atomic mass is 16.8. The maximum absolute atomic E-state index is 13.0. The third-order valence-corrected chi connectivity index (χ3v) is 9.46. The van der Waals surface area contributed by atoms with Crippen molar-refractivity contribution >= 4 is 17.9 Å². The number of hydrogen-bond donors (Lipinski definition) is 1. The van der Waals surface area contributed by atoms with Crippen molar-refractivity contribution < 1.29 is 38.4 Å². The number of aliphatic hydroxyl groups is 1. The van der Waals surface area contributed by atoms with E-state index in [2.05, 4.69) is 6.92 Å². The lowest BCUT2D eigenvalue weighted by atomic mass is 9.46. The zero-order valence-electron chi connectivity index (χ0n) is 23.6. The number of fused-ring (bicyclic) bond motifs is 3. The molecule has 2 heterocycles. The molecule has 0 radical (unpaired) electrons. The van der Waals surface area contributed by atoms with Gasteiger partial charge in [-0.2, -0.15) is 0 Å². The first-order valence-electron chi connectivity index (χ1n) is 13.4. The van der Waals surface area contributed by atoms with Gasteiger partial charge in [0.2, 0.25) is 5.79 Å². The zero-order valence-corrected chi connectivity index (χ0v) is 23.6. The molecule has 208 valence electrons. The average molecular weight is 529 g/mol. The van der Waals surface area contributed by atoms with E-state index in [-0.39, 0.29) is 11.8 Å². The van der Waals surface area contributed by atoms with Crippen LogP contribution in [0.15, 0.2) is 46.6 Å². The van der Waals surface area contributed by atoms with Gasteiger partial charge in [0.15, 0.2) is 6.29 Å². The van der Waals surface area contributed by atoms with E-state index in [1.54, 1.807) is 46.8 Å². The molecule has 4 aliphatic rings. The van der Waals surface area contributed by atoms with Crippen LogP contribution in [0.5, 0.6) is 0 Å². The quantitative estimate of drug-likeness (QED) is 0.243. The molecule has 0 aromatic rings. The molecule has 2 fully saturated rings. The highest BCUT2D eigenvalue weighted by Crippen LogP contribution is 2.64. The predicted molar refractivity (Wildman–Crippen MR) is 139 cm³/mol. The van der Waals surface area contributed by atoms with Gasteiger partial charge in [-0.1, -0.05) is 39.0 Å². The molecule has 8 nitrogen and oxygen atoms in total. The summed E-state index contributed by atoms with van der Waals surface area (Å²) in [5.41, 5.74) is 1.22. The molecule has 8 heteroatoms. The molecule has 1 saturated heterocycles. The van der Waals surface area contributed by atoms with Gasteiger partial charge in [-0.15, -0.1) is 0 Å². The molecule has 2 aliphatic carbocycles. The maximum atomic E-state index is 13.0. The molecular formula is C30H40O8. The fourth-order valence-corrected chi connectivity index (χ4v) is 7.02. The molecule has 1 saturated carbocycles. The Bertz CT molecular complexity index is 1160. The molecule has 0 bridgehead atoms. The number of rotatable bonds is 4. The van der Waals surface area contributed by atoms with Gasteiger partial charge < -0.3 is 24.1 Å². The highest BCUT2D eigenvalue weighted by Gasteiger charge is 2.65. The van der Waals surface area contributed by atoms with Gasteiger partial charge in [-0.05, 0) is 70.3 Å². The fraction of sp³-hybridized carbons (Fsp3) is 0.633. The monoisotopic (exact) mass is 528 g/mol. The van der Waals surface area contributed by atoms with Crippen LogP contribution in [0.25, 0.3) is 0 Å². The van der Waals surface area contributed by atoms with E-state index in [9.17, 15) is 19.5 Å². The number of aliphatic hydroxyl groups excluding tert-OH is 1. The summed E-state index contributed by atoms with van der Waals surface area (Å²) in [4.78, 5) is 38.1. The Morgan fingerprint density at radius 3 is 2.21 bits per heavy atom. The van der Waals surface area contributed by atoms with Crippen LogP contribution in [-0.2, 0) is 33.3 Å². The van der Waals surface area contributed by atoms with Crippen molar-refractivity contribution in [3.05, 3.63) is 46.6 Å². The minimum Gasteiger partial charge on any atom is -0.455 e. The van der Waals surface area contributed by atoms with Crippen LogP contribution >= 0.6 is 0 Å². The van der Waals surface area contributed by atoms with E-state index >= 15 is 0 Å². The molecule has 38 heavy (non-hydrogen) atoms. The second-order valence-corrected chi connectivity index (χ2v) is 12.0. The van der Waals surface area contributed by atoms with Gasteiger partial charge in [0.1, 0.15) is 12.2 Å². The smallest absolute Gasteiger partial charge is 0.333 e. The van der Waals surface area contributed by atoms with Crippen molar-refractivity contribution in [2.45, 2.75) is 98.9 Å². The third kappa shape index (κ3) is 4.45. The van der Waals surface area contributed by atoms with E-state index < -0.39 is 53.0 Å². The summed E-state index contributed by atoms with van der Waals surface area (Å²) in [5, 5.41) is 11.1. The third-order valence-electron chi connectivity index (χ3n) is 9.46. The number of esters is 3. The minimum atomic E-state index is -1.34. The van der Waals surface area contributed by atoms with Gasteiger partial charge >= 0.3 is 17.9 Å². The fourth-order valence-electron chi connectivity index (χ4n) is 7.02. The van der Waals surface area contributed by atoms with Crippen LogP contribution in [-0.4, -0.2) is 47.3 Å². The lowest BCUT2D eigenvalue weighted by Gasteiger charge is -2.62. The van der Waals surface area contributed by atoms with Gasteiger partial charge in [-0.3, -0.25) is 0 Å². The Labute approximate surface area is 224 Å². The normalized spacial score (nSPS) is 38.4. The van der Waals surface area contributed by atoms with Crippen LogP contribution < -0.4 is 0 Å². The Hall–Kier alpha value is -2.71. The van der Waals surface area contributed by atoms with Crippen molar-refractivity contribution in [2.24, 2.45) is 22.7 Å². The molecule has 2 aliphatic heterocycles. The summed E-state index contributed by atoms with van der Waals surface area (Å²) in [6, 6.07) is 0. The minimum absolute atomic E-state index is 0.00830. The van der Waals surface area contributed by atoms with E-state index in [0.717, 1.165) is 5.57 Å². The molecular weight excluding hydrogens is 488 g/mol. The summed E-state index contributed by atoms with van der Waals surface area (Å²) in [5.74, 6) is -2.95. The lowest BCUT2D eigenvalue weighted by Crippen LogP contribution is -2.64. The summed E-state index contributed by atoms with van der Waals surface area (Å²) in [7, 11) is 0.